The second kappa shape index (κ2) is 17.7. The lowest BCUT2D eigenvalue weighted by Gasteiger charge is -2.54. The summed E-state index contributed by atoms with van der Waals surface area (Å²) in [5.41, 5.74) is -2.64. The molecule has 1 aromatic rings. The van der Waals surface area contributed by atoms with Gasteiger partial charge >= 0.3 is 23.9 Å². The number of piperidine rings is 1. The summed E-state index contributed by atoms with van der Waals surface area (Å²) in [7, 11) is 1.29. The van der Waals surface area contributed by atoms with Crippen LogP contribution >= 0.6 is 0 Å². The highest BCUT2D eigenvalue weighted by Gasteiger charge is 2.74. The number of allylic oxidation sites excluding steroid dienone is 3. The van der Waals surface area contributed by atoms with E-state index in [4.69, 9.17) is 33.2 Å². The van der Waals surface area contributed by atoms with Crippen LogP contribution < -0.4 is 10.1 Å². The molecular formula is C42H48N2O15. The summed E-state index contributed by atoms with van der Waals surface area (Å²) >= 11 is 0. The Balaban J connectivity index is 0.916. The van der Waals surface area contributed by atoms with Crippen molar-refractivity contribution in [3.63, 3.8) is 0 Å². The Morgan fingerprint density at radius 2 is 1.66 bits per heavy atom. The largest absolute Gasteiger partial charge is 0.490 e. The maximum Gasteiger partial charge on any atom is 0.333 e. The number of cyclic esters (lactones) is 1. The second-order valence-electron chi connectivity index (χ2n) is 15.2. The Kier molecular flexibility index (Phi) is 12.8. The van der Waals surface area contributed by atoms with E-state index >= 15 is 0 Å². The first kappa shape index (κ1) is 42.9. The zero-order valence-corrected chi connectivity index (χ0v) is 33.5. The van der Waals surface area contributed by atoms with Crippen LogP contribution in [-0.2, 0) is 57.2 Å². The monoisotopic (exact) mass is 820 g/mol. The summed E-state index contributed by atoms with van der Waals surface area (Å²) in [6, 6.07) is 3.51. The minimum atomic E-state index is -1.20. The topological polar surface area (TPSA) is 216 Å². The molecule has 1 saturated carbocycles. The molecule has 0 spiro atoms. The van der Waals surface area contributed by atoms with Crippen molar-refractivity contribution in [3.05, 3.63) is 64.8 Å². The lowest BCUT2D eigenvalue weighted by Crippen LogP contribution is -2.65. The molecule has 1 N–H and O–H groups in total. The first-order chi connectivity index (χ1) is 28.2. The molecule has 17 nitrogen and oxygen atoms in total. The van der Waals surface area contributed by atoms with Crippen molar-refractivity contribution < 1.29 is 71.5 Å². The maximum atomic E-state index is 13.8. The molecule has 2 aliphatic carbocycles. The number of nitrogens with zero attached hydrogens (tertiary/aromatic N) is 1. The molecule has 0 radical (unpaired) electrons. The zero-order valence-electron chi connectivity index (χ0n) is 33.5. The molecule has 3 fully saturated rings. The number of esters is 4. The third kappa shape index (κ3) is 8.30. The van der Waals surface area contributed by atoms with E-state index in [2.05, 4.69) is 5.32 Å². The first-order valence-electron chi connectivity index (χ1n) is 19.5. The zero-order chi connectivity index (χ0) is 42.5. The van der Waals surface area contributed by atoms with Gasteiger partial charge < -0.3 is 33.2 Å². The molecule has 1 aromatic carbocycles. The molecule has 2 saturated heterocycles. The number of carbonyl (C=O) groups is 8. The fraction of sp³-hybridized carbons (Fsp3) is 0.524. The van der Waals surface area contributed by atoms with Crippen LogP contribution in [0.2, 0.25) is 0 Å². The number of rotatable bonds is 16. The van der Waals surface area contributed by atoms with E-state index in [0.717, 1.165) is 4.90 Å². The first-order valence-corrected chi connectivity index (χ1v) is 19.5. The van der Waals surface area contributed by atoms with Crippen molar-refractivity contribution in [1.29, 1.82) is 0 Å². The average Bonchev–Trinajstić information content (AvgIpc) is 3.53. The van der Waals surface area contributed by atoms with Crippen LogP contribution in [0.15, 0.2) is 53.6 Å². The number of imide groups is 2. The van der Waals surface area contributed by atoms with Gasteiger partial charge in [0.15, 0.2) is 0 Å². The Hall–Kier alpha value is -5.68. The fourth-order valence-electron chi connectivity index (χ4n) is 8.89. The van der Waals surface area contributed by atoms with Gasteiger partial charge in [0.2, 0.25) is 11.8 Å². The number of ether oxygens (including phenoxy) is 7. The van der Waals surface area contributed by atoms with Gasteiger partial charge in [-0.25, -0.2) is 9.59 Å². The minimum absolute atomic E-state index is 0.0178. The number of hydrogen-bond donors (Lipinski definition) is 1. The molecule has 5 aliphatic rings. The van der Waals surface area contributed by atoms with Gasteiger partial charge in [0.1, 0.15) is 41.6 Å². The second-order valence-corrected chi connectivity index (χ2v) is 15.2. The highest BCUT2D eigenvalue weighted by atomic mass is 16.6. The smallest absolute Gasteiger partial charge is 0.333 e. The Labute approximate surface area is 340 Å². The van der Waals surface area contributed by atoms with Crippen molar-refractivity contribution in [3.8, 4) is 5.75 Å². The van der Waals surface area contributed by atoms with Crippen molar-refractivity contribution in [1.82, 2.24) is 10.2 Å². The minimum Gasteiger partial charge on any atom is -0.490 e. The van der Waals surface area contributed by atoms with Crippen LogP contribution in [0.5, 0.6) is 5.75 Å². The lowest BCUT2D eigenvalue weighted by atomic mass is 9.62. The van der Waals surface area contributed by atoms with Crippen molar-refractivity contribution in [2.75, 3.05) is 46.8 Å². The summed E-state index contributed by atoms with van der Waals surface area (Å²) in [5.74, 6) is -4.78. The molecule has 3 heterocycles. The summed E-state index contributed by atoms with van der Waals surface area (Å²) in [5, 5.41) is 2.17. The van der Waals surface area contributed by atoms with Crippen LogP contribution in [0.3, 0.4) is 0 Å². The molecule has 316 valence electrons. The van der Waals surface area contributed by atoms with Gasteiger partial charge in [-0.2, -0.15) is 0 Å². The fourth-order valence-corrected chi connectivity index (χ4v) is 8.89. The summed E-state index contributed by atoms with van der Waals surface area (Å²) in [6.45, 7) is 5.30. The van der Waals surface area contributed by atoms with E-state index in [0.29, 0.717) is 18.4 Å². The molecule has 5 atom stereocenters. The number of nitrogens with one attached hydrogen (secondary N) is 1. The van der Waals surface area contributed by atoms with E-state index in [9.17, 15) is 38.4 Å². The molecule has 2 bridgehead atoms. The van der Waals surface area contributed by atoms with Gasteiger partial charge in [0, 0.05) is 30.4 Å². The van der Waals surface area contributed by atoms with Crippen LogP contribution in [-0.4, -0.2) is 116 Å². The number of carbonyl (C=O) groups excluding carboxylic acids is 8. The van der Waals surface area contributed by atoms with Crippen LogP contribution in [0.4, 0.5) is 0 Å². The quantitative estimate of drug-likeness (QED) is 0.0634. The molecular weight excluding hydrogens is 772 g/mol. The van der Waals surface area contributed by atoms with Crippen LogP contribution in [0.1, 0.15) is 86.4 Å². The Bertz CT molecular complexity index is 2020. The molecule has 3 aliphatic heterocycles. The van der Waals surface area contributed by atoms with E-state index in [1.807, 2.05) is 0 Å². The number of hydrogen-bond acceptors (Lipinski definition) is 15. The number of fused-ring (bicyclic) bond motifs is 1. The van der Waals surface area contributed by atoms with Gasteiger partial charge in [-0.1, -0.05) is 24.3 Å². The Morgan fingerprint density at radius 1 is 0.932 bits per heavy atom. The van der Waals surface area contributed by atoms with Gasteiger partial charge in [-0.15, -0.1) is 0 Å². The summed E-state index contributed by atoms with van der Waals surface area (Å²) in [6.07, 6.45) is 8.26. The van der Waals surface area contributed by atoms with E-state index in [-0.39, 0.29) is 94.2 Å². The number of methoxy groups -OCH3 is 1. The highest BCUT2D eigenvalue weighted by molar-refractivity contribution is 6.24. The van der Waals surface area contributed by atoms with Crippen molar-refractivity contribution >= 4 is 47.5 Å². The third-order valence-electron chi connectivity index (χ3n) is 11.7. The van der Waals surface area contributed by atoms with E-state index in [1.165, 1.54) is 20.1 Å². The van der Waals surface area contributed by atoms with Crippen molar-refractivity contribution in [2.45, 2.75) is 83.0 Å². The SMILES string of the molecule is COC(=O)C1=CCC23CCC(C(C)(C=CC=C(C)C(=O)OCCOCCOCCOc4cccc5c4C(=O)N(C4CCC(=O)NC4=O)C5=O)OC2=O)C3(OC(C)=O)CC1. The van der Waals surface area contributed by atoms with E-state index in [1.54, 1.807) is 50.3 Å². The predicted molar refractivity (Wildman–Crippen MR) is 202 cm³/mol. The van der Waals surface area contributed by atoms with Crippen LogP contribution in [0, 0.1) is 11.3 Å². The Morgan fingerprint density at radius 3 is 2.37 bits per heavy atom. The standard InChI is InChI=1S/C42H48N2O15/c1-25(7-6-15-40(3)31-14-17-41(39(52)59-40)16-12-27(38(51)53-4)13-18-42(31,41)58-26(2)45)37(50)57-24-22-55-20-19-54-21-23-56-30-9-5-8-28-33(30)36(49)44(35(28)48)29-10-11-32(46)43-34(29)47/h5-9,12,15,29,31H,10-11,13-14,16-24H2,1-4H3,(H,43,46,47). The van der Waals surface area contributed by atoms with Crippen molar-refractivity contribution in [2.24, 2.45) is 11.3 Å². The predicted octanol–water partition coefficient (Wildman–Crippen LogP) is 2.84. The molecule has 6 rings (SSSR count). The van der Waals surface area contributed by atoms with Gasteiger partial charge in [0.05, 0.1) is 44.7 Å². The summed E-state index contributed by atoms with van der Waals surface area (Å²) < 4.78 is 39.2. The van der Waals surface area contributed by atoms with Gasteiger partial charge in [0.25, 0.3) is 11.8 Å². The number of benzene rings is 1. The average molecular weight is 821 g/mol. The normalized spacial score (nSPS) is 27.7. The van der Waals surface area contributed by atoms with Gasteiger partial charge in [-0.05, 0) is 70.6 Å². The summed E-state index contributed by atoms with van der Waals surface area (Å²) in [4.78, 5) is 102. The van der Waals surface area contributed by atoms with Gasteiger partial charge in [-0.3, -0.25) is 39.0 Å². The molecule has 5 unspecified atom stereocenters. The maximum absolute atomic E-state index is 13.8. The number of amides is 4. The third-order valence-corrected chi connectivity index (χ3v) is 11.7. The molecule has 17 heteroatoms. The van der Waals surface area contributed by atoms with E-state index < -0.39 is 76.1 Å². The highest BCUT2D eigenvalue weighted by Crippen LogP contribution is 2.65. The molecule has 59 heavy (non-hydrogen) atoms. The molecule has 0 aromatic heterocycles. The lowest BCUT2D eigenvalue weighted by molar-refractivity contribution is -0.235. The van der Waals surface area contributed by atoms with Crippen LogP contribution in [0.25, 0.3) is 0 Å². The molecule has 4 amide bonds.